The fourth-order valence-electron chi connectivity index (χ4n) is 3.28. The van der Waals surface area contributed by atoms with Crippen LogP contribution in [0.1, 0.15) is 45.1 Å². The molecule has 1 aromatic carbocycles. The van der Waals surface area contributed by atoms with Crippen LogP contribution in [-0.4, -0.2) is 20.3 Å². The average Bonchev–Trinajstić information content (AvgIpc) is 2.47. The fourth-order valence-corrected chi connectivity index (χ4v) is 3.28. The van der Waals surface area contributed by atoms with Crippen LogP contribution in [0.2, 0.25) is 0 Å². The summed E-state index contributed by atoms with van der Waals surface area (Å²) in [6.07, 6.45) is 5.39. The van der Waals surface area contributed by atoms with Gasteiger partial charge in [0.15, 0.2) is 0 Å². The van der Waals surface area contributed by atoms with E-state index in [1.54, 1.807) is 7.11 Å². The number of methoxy groups -OCH3 is 2. The molecule has 2 rings (SSSR count). The third-order valence-corrected chi connectivity index (χ3v) is 4.86. The molecule has 0 heterocycles. The first-order valence-corrected chi connectivity index (χ1v) is 7.25. The highest BCUT2D eigenvalue weighted by molar-refractivity contribution is 5.32. The number of benzene rings is 1. The first kappa shape index (κ1) is 14.4. The van der Waals surface area contributed by atoms with Gasteiger partial charge in [0, 0.05) is 7.11 Å². The molecule has 1 fully saturated rings. The van der Waals surface area contributed by atoms with Crippen molar-refractivity contribution in [3.63, 3.8) is 0 Å². The van der Waals surface area contributed by atoms with Gasteiger partial charge in [-0.2, -0.15) is 0 Å². The number of hydrogen-bond acceptors (Lipinski definition) is 2. The Kier molecular flexibility index (Phi) is 4.51. The molecule has 0 unspecified atom stereocenters. The molecule has 2 heteroatoms. The third-order valence-electron chi connectivity index (χ3n) is 4.86. The number of rotatable bonds is 4. The Morgan fingerprint density at radius 3 is 2.00 bits per heavy atom. The molecule has 1 aliphatic rings. The minimum absolute atomic E-state index is 0.227. The molecular formula is C17H26O2. The highest BCUT2D eigenvalue weighted by atomic mass is 16.5. The second kappa shape index (κ2) is 5.96. The smallest absolute Gasteiger partial charge is 0.118 e. The Balaban J connectivity index is 2.08. The Labute approximate surface area is 117 Å². The summed E-state index contributed by atoms with van der Waals surface area (Å²) in [5.41, 5.74) is 1.64. The van der Waals surface area contributed by atoms with E-state index in [4.69, 9.17) is 9.47 Å². The zero-order valence-corrected chi connectivity index (χ0v) is 12.6. The molecule has 2 nitrogen and oxygen atoms in total. The minimum Gasteiger partial charge on any atom is -0.497 e. The zero-order chi connectivity index (χ0) is 13.9. The van der Waals surface area contributed by atoms with Gasteiger partial charge < -0.3 is 9.47 Å². The van der Waals surface area contributed by atoms with Gasteiger partial charge in [-0.3, -0.25) is 0 Å². The second-order valence-corrected chi connectivity index (χ2v) is 6.16. The fraction of sp³-hybridized carbons (Fsp3) is 0.647. The topological polar surface area (TPSA) is 18.5 Å². The van der Waals surface area contributed by atoms with Gasteiger partial charge >= 0.3 is 0 Å². The van der Waals surface area contributed by atoms with E-state index in [0.717, 1.165) is 11.7 Å². The van der Waals surface area contributed by atoms with E-state index in [-0.39, 0.29) is 5.41 Å². The van der Waals surface area contributed by atoms with E-state index in [2.05, 4.69) is 38.1 Å². The Morgan fingerprint density at radius 1 is 0.947 bits per heavy atom. The highest BCUT2D eigenvalue weighted by Crippen LogP contribution is 2.41. The van der Waals surface area contributed by atoms with E-state index in [1.165, 1.54) is 31.2 Å². The van der Waals surface area contributed by atoms with Gasteiger partial charge in [0.1, 0.15) is 5.75 Å². The molecule has 1 aromatic rings. The van der Waals surface area contributed by atoms with Crippen molar-refractivity contribution in [2.24, 2.45) is 5.92 Å². The Bertz CT molecular complexity index is 386. The maximum absolute atomic E-state index is 5.47. The molecule has 0 spiro atoms. The number of ether oxygens (including phenoxy) is 2. The summed E-state index contributed by atoms with van der Waals surface area (Å²) in [5, 5.41) is 0. The van der Waals surface area contributed by atoms with Crippen LogP contribution in [-0.2, 0) is 10.2 Å². The standard InChI is InChI=1S/C17H26O2/c1-17(2,13-5-9-15(18-3)10-6-13)14-7-11-16(19-4)12-8-14/h5-6,9-10,14,16H,7-8,11-12H2,1-4H3. The van der Waals surface area contributed by atoms with Crippen molar-refractivity contribution in [3.05, 3.63) is 29.8 Å². The van der Waals surface area contributed by atoms with Crippen LogP contribution in [0, 0.1) is 5.92 Å². The van der Waals surface area contributed by atoms with Crippen LogP contribution in [0.5, 0.6) is 5.75 Å². The summed E-state index contributed by atoms with van der Waals surface area (Å²) in [6.45, 7) is 4.74. The predicted molar refractivity (Wildman–Crippen MR) is 78.8 cm³/mol. The lowest BCUT2D eigenvalue weighted by molar-refractivity contribution is 0.0446. The van der Waals surface area contributed by atoms with E-state index < -0.39 is 0 Å². The molecule has 1 saturated carbocycles. The van der Waals surface area contributed by atoms with Crippen molar-refractivity contribution in [2.45, 2.75) is 51.0 Å². The predicted octanol–water partition coefficient (Wildman–Crippen LogP) is 4.18. The van der Waals surface area contributed by atoms with Crippen molar-refractivity contribution in [1.29, 1.82) is 0 Å². The Hall–Kier alpha value is -1.02. The first-order valence-electron chi connectivity index (χ1n) is 7.25. The summed E-state index contributed by atoms with van der Waals surface area (Å²) in [7, 11) is 3.55. The van der Waals surface area contributed by atoms with Crippen molar-refractivity contribution < 1.29 is 9.47 Å². The van der Waals surface area contributed by atoms with Gasteiger partial charge in [-0.15, -0.1) is 0 Å². The van der Waals surface area contributed by atoms with Crippen molar-refractivity contribution in [3.8, 4) is 5.75 Å². The van der Waals surface area contributed by atoms with Gasteiger partial charge in [0.2, 0.25) is 0 Å². The maximum atomic E-state index is 5.47. The molecule has 0 radical (unpaired) electrons. The maximum Gasteiger partial charge on any atom is 0.118 e. The Morgan fingerprint density at radius 2 is 1.53 bits per heavy atom. The first-order chi connectivity index (χ1) is 9.07. The summed E-state index contributed by atoms with van der Waals surface area (Å²) >= 11 is 0. The van der Waals surface area contributed by atoms with Crippen LogP contribution >= 0.6 is 0 Å². The minimum atomic E-state index is 0.227. The summed E-state index contributed by atoms with van der Waals surface area (Å²) < 4.78 is 10.7. The molecule has 0 aliphatic heterocycles. The molecule has 1 aliphatic carbocycles. The molecule has 0 N–H and O–H groups in total. The van der Waals surface area contributed by atoms with Crippen molar-refractivity contribution >= 4 is 0 Å². The molecule has 0 aromatic heterocycles. The molecule has 0 bridgehead atoms. The van der Waals surface area contributed by atoms with E-state index in [0.29, 0.717) is 6.10 Å². The van der Waals surface area contributed by atoms with Gasteiger partial charge in [0.05, 0.1) is 13.2 Å². The molecule has 0 saturated heterocycles. The lowest BCUT2D eigenvalue weighted by Gasteiger charge is -2.39. The zero-order valence-electron chi connectivity index (χ0n) is 12.6. The van der Waals surface area contributed by atoms with Crippen LogP contribution in [0.4, 0.5) is 0 Å². The van der Waals surface area contributed by atoms with E-state index in [1.807, 2.05) is 7.11 Å². The summed E-state index contributed by atoms with van der Waals surface area (Å²) in [6, 6.07) is 8.55. The molecule has 106 valence electrons. The monoisotopic (exact) mass is 262 g/mol. The van der Waals surface area contributed by atoms with Crippen molar-refractivity contribution in [2.75, 3.05) is 14.2 Å². The second-order valence-electron chi connectivity index (χ2n) is 6.16. The van der Waals surface area contributed by atoms with Crippen LogP contribution in [0.15, 0.2) is 24.3 Å². The van der Waals surface area contributed by atoms with Gasteiger partial charge in [-0.1, -0.05) is 26.0 Å². The van der Waals surface area contributed by atoms with E-state index in [9.17, 15) is 0 Å². The van der Waals surface area contributed by atoms with Gasteiger partial charge in [-0.25, -0.2) is 0 Å². The van der Waals surface area contributed by atoms with E-state index >= 15 is 0 Å². The van der Waals surface area contributed by atoms with Crippen LogP contribution in [0.25, 0.3) is 0 Å². The highest BCUT2D eigenvalue weighted by Gasteiger charge is 2.34. The largest absolute Gasteiger partial charge is 0.497 e. The van der Waals surface area contributed by atoms with Crippen LogP contribution in [0.3, 0.4) is 0 Å². The quantitative estimate of drug-likeness (QED) is 0.810. The average molecular weight is 262 g/mol. The number of hydrogen-bond donors (Lipinski definition) is 0. The molecule has 19 heavy (non-hydrogen) atoms. The normalized spacial score (nSPS) is 24.2. The SMILES string of the molecule is COc1ccc(C(C)(C)C2CCC(OC)CC2)cc1. The summed E-state index contributed by atoms with van der Waals surface area (Å²) in [5.74, 6) is 1.68. The molecular weight excluding hydrogens is 236 g/mol. The van der Waals surface area contributed by atoms with Gasteiger partial charge in [0.25, 0.3) is 0 Å². The van der Waals surface area contributed by atoms with Gasteiger partial charge in [-0.05, 0) is 54.7 Å². The lowest BCUT2D eigenvalue weighted by atomic mass is 9.67. The lowest BCUT2D eigenvalue weighted by Crippen LogP contribution is -2.33. The summed E-state index contributed by atoms with van der Waals surface area (Å²) in [4.78, 5) is 0. The van der Waals surface area contributed by atoms with Crippen molar-refractivity contribution in [1.82, 2.24) is 0 Å². The molecule has 0 atom stereocenters. The third kappa shape index (κ3) is 3.11. The molecule has 0 amide bonds. The van der Waals surface area contributed by atoms with Crippen LogP contribution < -0.4 is 4.74 Å².